The summed E-state index contributed by atoms with van der Waals surface area (Å²) in [6, 6.07) is 7.68. The number of aromatic nitrogens is 3. The van der Waals surface area contributed by atoms with E-state index in [0.29, 0.717) is 24.1 Å². The van der Waals surface area contributed by atoms with E-state index in [4.69, 9.17) is 17.2 Å². The van der Waals surface area contributed by atoms with E-state index < -0.39 is 89.6 Å². The van der Waals surface area contributed by atoms with Crippen LogP contribution in [-0.2, 0) is 57.6 Å². The number of hydrogen-bond donors (Lipinski definition) is 13. The molecule has 2 aromatic heterocycles. The van der Waals surface area contributed by atoms with Crippen LogP contribution < -0.4 is 54.4 Å². The van der Waals surface area contributed by atoms with Crippen LogP contribution in [-0.4, -0.2) is 123 Å². The van der Waals surface area contributed by atoms with Crippen molar-refractivity contribution >= 4 is 76.7 Å². The van der Waals surface area contributed by atoms with E-state index in [1.54, 1.807) is 36.5 Å². The summed E-state index contributed by atoms with van der Waals surface area (Å²) < 4.78 is 0. The van der Waals surface area contributed by atoms with E-state index in [2.05, 4.69) is 69.8 Å². The summed E-state index contributed by atoms with van der Waals surface area (Å²) in [6.45, 7) is 4.73. The summed E-state index contributed by atoms with van der Waals surface area (Å²) in [6.07, 6.45) is 6.36. The maximum Gasteiger partial charge on any atom is 0.244 e. The number of para-hydroxylation sites is 1. The third kappa shape index (κ3) is 17.6. The minimum Gasteiger partial charge on any atom is -0.370 e. The van der Waals surface area contributed by atoms with Gasteiger partial charge in [-0.2, -0.15) is 12.6 Å². The number of aliphatic imine (C=N–C) groups is 1. The first-order chi connectivity index (χ1) is 33.0. The zero-order valence-corrected chi connectivity index (χ0v) is 39.8. The quantitative estimate of drug-likeness (QED) is 0.0142. The number of rotatable bonds is 28. The van der Waals surface area contributed by atoms with Crippen LogP contribution >= 0.6 is 12.6 Å². The molecule has 0 spiro atoms. The first kappa shape index (κ1) is 54.2. The molecule has 4 rings (SSSR count). The molecule has 22 nitrogen and oxygen atoms in total. The maximum atomic E-state index is 14.4. The van der Waals surface area contributed by atoms with Gasteiger partial charge in [0.2, 0.25) is 47.3 Å². The smallest absolute Gasteiger partial charge is 0.244 e. The lowest BCUT2D eigenvalue weighted by Gasteiger charge is -2.27. The SMILES string of the molecule is CCCC[C@H](NC(C)=O)C(=O)N[C@@H](C)C(=O)N[C@@H](Cc1cnc[nH]1)C(=O)N[C@@H](Cc1ccccc1)C(=O)N[C@@H](CCCN=C(N)N)C(=O)N[C@@H](CS)C(=O)N[C@@H](Cc1c[nH]c2ccccc12)C(N)=O. The Morgan fingerprint density at radius 1 is 0.652 bits per heavy atom. The molecule has 4 aromatic rings. The van der Waals surface area contributed by atoms with E-state index in [9.17, 15) is 38.4 Å². The van der Waals surface area contributed by atoms with Gasteiger partial charge in [-0.05, 0) is 43.4 Å². The highest BCUT2D eigenvalue weighted by Crippen LogP contribution is 2.19. The third-order valence-electron chi connectivity index (χ3n) is 11.0. The molecule has 0 radical (unpaired) electrons. The average molecular weight is 973 g/mol. The Hall–Kier alpha value is -7.43. The summed E-state index contributed by atoms with van der Waals surface area (Å²) >= 11 is 4.30. The molecular formula is C46H64N14O8S. The van der Waals surface area contributed by atoms with E-state index >= 15 is 0 Å². The van der Waals surface area contributed by atoms with Crippen molar-refractivity contribution in [2.24, 2.45) is 22.2 Å². The fourth-order valence-corrected chi connectivity index (χ4v) is 7.54. The topological polar surface area (TPSA) is 356 Å². The van der Waals surface area contributed by atoms with E-state index in [0.717, 1.165) is 22.9 Å². The molecule has 15 N–H and O–H groups in total. The number of amides is 8. The summed E-state index contributed by atoms with van der Waals surface area (Å²) in [5.74, 6) is -6.07. The number of primary amides is 1. The predicted molar refractivity (Wildman–Crippen MR) is 262 cm³/mol. The monoisotopic (exact) mass is 972 g/mol. The second kappa shape index (κ2) is 27.4. The van der Waals surface area contributed by atoms with Crippen LogP contribution in [0.25, 0.3) is 10.9 Å². The first-order valence-corrected chi connectivity index (χ1v) is 23.2. The maximum absolute atomic E-state index is 14.4. The summed E-state index contributed by atoms with van der Waals surface area (Å²) in [7, 11) is 0. The molecule has 0 unspecified atom stereocenters. The number of aromatic amines is 2. The number of hydrogen-bond acceptors (Lipinski definition) is 11. The highest BCUT2D eigenvalue weighted by molar-refractivity contribution is 7.80. The van der Waals surface area contributed by atoms with Gasteiger partial charge in [0.25, 0.3) is 0 Å². The number of nitrogens with two attached hydrogens (primary N) is 3. The second-order valence-corrected chi connectivity index (χ2v) is 16.9. The minimum atomic E-state index is -1.34. The van der Waals surface area contributed by atoms with Gasteiger partial charge in [-0.3, -0.25) is 43.3 Å². The van der Waals surface area contributed by atoms with Gasteiger partial charge in [-0.25, -0.2) is 4.98 Å². The number of guanidine groups is 1. The van der Waals surface area contributed by atoms with Crippen LogP contribution in [0.4, 0.5) is 0 Å². The fourth-order valence-electron chi connectivity index (χ4n) is 7.28. The van der Waals surface area contributed by atoms with E-state index in [1.165, 1.54) is 26.4 Å². The molecule has 0 saturated carbocycles. The Bertz CT molecular complexity index is 2390. The number of unbranched alkanes of at least 4 members (excludes halogenated alkanes) is 1. The lowest BCUT2D eigenvalue weighted by molar-refractivity contribution is -0.135. The van der Waals surface area contributed by atoms with Crippen molar-refractivity contribution < 1.29 is 38.4 Å². The van der Waals surface area contributed by atoms with Crippen LogP contribution in [0.3, 0.4) is 0 Å². The van der Waals surface area contributed by atoms with Crippen molar-refractivity contribution in [3.05, 3.63) is 90.1 Å². The van der Waals surface area contributed by atoms with Gasteiger partial charge in [-0.15, -0.1) is 0 Å². The summed E-state index contributed by atoms with van der Waals surface area (Å²) in [5, 5.41) is 19.4. The molecule has 8 amide bonds. The van der Waals surface area contributed by atoms with Crippen LogP contribution in [0.2, 0.25) is 0 Å². The fraction of sp³-hybridized carbons (Fsp3) is 0.435. The Morgan fingerprint density at radius 2 is 1.22 bits per heavy atom. The largest absolute Gasteiger partial charge is 0.370 e. The van der Waals surface area contributed by atoms with Crippen molar-refractivity contribution in [3.63, 3.8) is 0 Å². The lowest BCUT2D eigenvalue weighted by atomic mass is 10.0. The molecule has 7 atom stereocenters. The predicted octanol–water partition coefficient (Wildman–Crippen LogP) is -0.989. The second-order valence-electron chi connectivity index (χ2n) is 16.5. The summed E-state index contributed by atoms with van der Waals surface area (Å²) in [4.78, 5) is 122. The van der Waals surface area contributed by atoms with Gasteiger partial charge in [0.1, 0.15) is 42.3 Å². The van der Waals surface area contributed by atoms with Gasteiger partial charge in [-0.1, -0.05) is 68.3 Å². The molecular weight excluding hydrogens is 909 g/mol. The van der Waals surface area contributed by atoms with Gasteiger partial charge < -0.3 is 64.4 Å². The molecule has 0 aliphatic rings. The molecule has 0 fully saturated rings. The molecule has 2 heterocycles. The van der Waals surface area contributed by atoms with Crippen LogP contribution in [0.5, 0.6) is 0 Å². The van der Waals surface area contributed by atoms with Crippen molar-refractivity contribution in [3.8, 4) is 0 Å². The molecule has 0 saturated heterocycles. The van der Waals surface area contributed by atoms with Crippen LogP contribution in [0, 0.1) is 0 Å². The van der Waals surface area contributed by atoms with Crippen LogP contribution in [0.1, 0.15) is 69.7 Å². The number of carbonyl (C=O) groups is 8. The normalized spacial score (nSPS) is 14.0. The zero-order valence-electron chi connectivity index (χ0n) is 38.9. The minimum absolute atomic E-state index is 0.0326. The number of nitrogens with zero attached hydrogens (tertiary/aromatic N) is 2. The molecule has 2 aromatic carbocycles. The summed E-state index contributed by atoms with van der Waals surface area (Å²) in [5.41, 5.74) is 19.4. The van der Waals surface area contributed by atoms with Crippen molar-refractivity contribution in [1.82, 2.24) is 52.2 Å². The van der Waals surface area contributed by atoms with Crippen molar-refractivity contribution in [2.45, 2.75) is 114 Å². The highest BCUT2D eigenvalue weighted by Gasteiger charge is 2.33. The van der Waals surface area contributed by atoms with Gasteiger partial charge in [0.05, 0.1) is 6.33 Å². The average Bonchev–Trinajstić information content (AvgIpc) is 3.99. The van der Waals surface area contributed by atoms with Gasteiger partial charge >= 0.3 is 0 Å². The highest BCUT2D eigenvalue weighted by atomic mass is 32.1. The van der Waals surface area contributed by atoms with E-state index in [-0.39, 0.29) is 50.4 Å². The number of imidazole rings is 1. The first-order valence-electron chi connectivity index (χ1n) is 22.6. The van der Waals surface area contributed by atoms with Crippen molar-refractivity contribution in [1.29, 1.82) is 0 Å². The molecule has 372 valence electrons. The number of nitrogens with one attached hydrogen (secondary N) is 9. The number of H-pyrrole nitrogens is 2. The third-order valence-corrected chi connectivity index (χ3v) is 11.3. The van der Waals surface area contributed by atoms with E-state index in [1.807, 2.05) is 31.2 Å². The number of fused-ring (bicyclic) bond motifs is 1. The molecule has 0 aliphatic carbocycles. The number of benzene rings is 2. The number of carbonyl (C=O) groups excluding carboxylic acids is 8. The van der Waals surface area contributed by atoms with Gasteiger partial charge in [0.15, 0.2) is 5.96 Å². The van der Waals surface area contributed by atoms with Gasteiger partial charge in [0, 0.05) is 67.5 Å². The van der Waals surface area contributed by atoms with Crippen LogP contribution in [0.15, 0.2) is 78.3 Å². The molecule has 0 bridgehead atoms. The Morgan fingerprint density at radius 3 is 1.86 bits per heavy atom. The lowest BCUT2D eigenvalue weighted by Crippen LogP contribution is -2.60. The van der Waals surface area contributed by atoms with Crippen molar-refractivity contribution in [2.75, 3.05) is 12.3 Å². The molecule has 23 heteroatoms. The molecule has 69 heavy (non-hydrogen) atoms. The Balaban J connectivity index is 1.55. The standard InChI is InChI=1S/C46H64N14O8S/c1-4-5-15-33(55-27(3)61)41(64)54-26(2)40(63)58-37(21-30-23-50-25-53-30)44(67)59-36(19-28-12-7-6-8-13-28)43(66)56-34(17-11-18-51-46(48)49)42(65)60-38(24-69)45(68)57-35(39(47)62)20-29-22-52-32-16-10-9-14-31(29)32/h6-10,12-14,16,22-23,25-26,33-38,52,69H,4-5,11,15,17-21,24H2,1-3H3,(H2,47,62)(H,50,53)(H,54,64)(H,55,61)(H,56,66)(H,57,68)(H,58,63)(H,59,67)(H,60,65)(H4,48,49,51)/t26-,33-,34-,35-,36-,37-,38-/m0/s1. The Kier molecular flexibility index (Phi) is 21.5. The number of thiol groups is 1. The Labute approximate surface area is 405 Å². The molecule has 0 aliphatic heterocycles. The zero-order chi connectivity index (χ0) is 50.5.